The lowest BCUT2D eigenvalue weighted by Gasteiger charge is -2.16. The van der Waals surface area contributed by atoms with E-state index in [1.54, 1.807) is 6.08 Å². The first-order valence-electron chi connectivity index (χ1n) is 4.16. The summed E-state index contributed by atoms with van der Waals surface area (Å²) in [4.78, 5) is 10.3. The van der Waals surface area contributed by atoms with Gasteiger partial charge in [-0.05, 0) is 19.4 Å². The molecule has 0 aromatic carbocycles. The summed E-state index contributed by atoms with van der Waals surface area (Å²) in [6, 6.07) is 0. The average molecular weight is 183 g/mol. The molecule has 0 aromatic heterocycles. The van der Waals surface area contributed by atoms with Crippen LogP contribution in [0.3, 0.4) is 0 Å². The Labute approximate surface area is 77.0 Å². The predicted octanol–water partition coefficient (Wildman–Crippen LogP) is 2.11. The van der Waals surface area contributed by atoms with Gasteiger partial charge < -0.3 is 4.74 Å². The van der Waals surface area contributed by atoms with Crippen molar-refractivity contribution in [2.24, 2.45) is 5.92 Å². The molecule has 0 fully saturated rings. The molecule has 0 saturated heterocycles. The van der Waals surface area contributed by atoms with Crippen molar-refractivity contribution in [3.8, 4) is 0 Å². The fourth-order valence-electron chi connectivity index (χ4n) is 1.61. The van der Waals surface area contributed by atoms with E-state index in [9.17, 15) is 10.1 Å². The van der Waals surface area contributed by atoms with Crippen LogP contribution in [0.25, 0.3) is 0 Å². The van der Waals surface area contributed by atoms with Gasteiger partial charge in [-0.3, -0.25) is 10.1 Å². The van der Waals surface area contributed by atoms with Crippen LogP contribution in [0, 0.1) is 16.0 Å². The molecule has 1 aliphatic rings. The van der Waals surface area contributed by atoms with Crippen LogP contribution < -0.4 is 0 Å². The van der Waals surface area contributed by atoms with Crippen molar-refractivity contribution >= 4 is 0 Å². The molecular formula is C9H13NO3. The van der Waals surface area contributed by atoms with Crippen LogP contribution in [0.2, 0.25) is 0 Å². The molecule has 0 radical (unpaired) electrons. The summed E-state index contributed by atoms with van der Waals surface area (Å²) in [5.74, 6) is 0.330. The molecule has 1 rings (SSSR count). The second kappa shape index (κ2) is 3.60. The molecule has 0 bridgehead atoms. The van der Waals surface area contributed by atoms with Crippen LogP contribution in [-0.4, -0.2) is 12.0 Å². The van der Waals surface area contributed by atoms with Crippen LogP contribution in [-0.2, 0) is 4.74 Å². The first-order valence-corrected chi connectivity index (χ1v) is 4.16. The highest BCUT2D eigenvalue weighted by Gasteiger charge is 2.29. The minimum atomic E-state index is -0.355. The van der Waals surface area contributed by atoms with Gasteiger partial charge in [0.2, 0.25) is 0 Å². The summed E-state index contributed by atoms with van der Waals surface area (Å²) in [6.45, 7) is 3.79. The Morgan fingerprint density at radius 3 is 2.77 bits per heavy atom. The third kappa shape index (κ3) is 1.88. The minimum absolute atomic E-state index is 0.0602. The van der Waals surface area contributed by atoms with Crippen LogP contribution in [0.4, 0.5) is 0 Å². The number of rotatable bonds is 2. The summed E-state index contributed by atoms with van der Waals surface area (Å²) < 4.78 is 4.97. The normalized spacial score (nSPS) is 22.7. The monoisotopic (exact) mass is 183 g/mol. The zero-order valence-corrected chi connectivity index (χ0v) is 8.03. The predicted molar refractivity (Wildman–Crippen MR) is 48.6 cm³/mol. The molecule has 0 N–H and O–H groups in total. The van der Waals surface area contributed by atoms with Gasteiger partial charge in [-0.1, -0.05) is 12.5 Å². The summed E-state index contributed by atoms with van der Waals surface area (Å²) in [5.41, 5.74) is 1.31. The molecule has 13 heavy (non-hydrogen) atoms. The van der Waals surface area contributed by atoms with Crippen molar-refractivity contribution in [2.45, 2.75) is 20.3 Å². The fourth-order valence-corrected chi connectivity index (χ4v) is 1.61. The third-order valence-electron chi connectivity index (χ3n) is 2.14. The van der Waals surface area contributed by atoms with E-state index in [1.807, 2.05) is 13.8 Å². The van der Waals surface area contributed by atoms with E-state index in [-0.39, 0.29) is 16.5 Å². The molecule has 0 spiro atoms. The van der Waals surface area contributed by atoms with Gasteiger partial charge in [-0.2, -0.15) is 0 Å². The summed E-state index contributed by atoms with van der Waals surface area (Å²) in [5, 5.41) is 10.7. The van der Waals surface area contributed by atoms with Crippen molar-refractivity contribution in [1.82, 2.24) is 0 Å². The number of nitrogens with zero attached hydrogens (tertiary/aromatic N) is 1. The van der Waals surface area contributed by atoms with Crippen molar-refractivity contribution in [1.29, 1.82) is 0 Å². The zero-order valence-electron chi connectivity index (χ0n) is 8.03. The summed E-state index contributed by atoms with van der Waals surface area (Å²) in [7, 11) is 1.46. The number of hydrogen-bond donors (Lipinski definition) is 0. The molecule has 0 aromatic rings. The Morgan fingerprint density at radius 2 is 2.31 bits per heavy atom. The maximum Gasteiger partial charge on any atom is 0.290 e. The number of allylic oxidation sites excluding steroid dienone is 3. The third-order valence-corrected chi connectivity index (χ3v) is 2.14. The van der Waals surface area contributed by atoms with E-state index in [2.05, 4.69) is 0 Å². The van der Waals surface area contributed by atoms with Gasteiger partial charge in [0.05, 0.1) is 18.0 Å². The second-order valence-electron chi connectivity index (χ2n) is 3.31. The van der Waals surface area contributed by atoms with E-state index in [0.717, 1.165) is 12.0 Å². The highest BCUT2D eigenvalue weighted by atomic mass is 16.6. The largest absolute Gasteiger partial charge is 0.490 e. The average Bonchev–Trinajstić information content (AvgIpc) is 2.01. The summed E-state index contributed by atoms with van der Waals surface area (Å²) in [6.07, 6.45) is 2.47. The molecule has 0 amide bonds. The maximum atomic E-state index is 10.7. The number of methoxy groups -OCH3 is 1. The summed E-state index contributed by atoms with van der Waals surface area (Å²) >= 11 is 0. The molecule has 4 nitrogen and oxygen atoms in total. The minimum Gasteiger partial charge on any atom is -0.490 e. The number of ether oxygens (including phenoxy) is 1. The molecule has 1 unspecified atom stereocenters. The van der Waals surface area contributed by atoms with Crippen molar-refractivity contribution < 1.29 is 9.66 Å². The van der Waals surface area contributed by atoms with Crippen LogP contribution in [0.15, 0.2) is 23.1 Å². The Hall–Kier alpha value is -1.32. The van der Waals surface area contributed by atoms with Crippen LogP contribution in [0.1, 0.15) is 20.3 Å². The van der Waals surface area contributed by atoms with Gasteiger partial charge in [-0.25, -0.2) is 0 Å². The fraction of sp³-hybridized carbons (Fsp3) is 0.556. The van der Waals surface area contributed by atoms with Crippen LogP contribution >= 0.6 is 0 Å². The molecular weight excluding hydrogens is 170 g/mol. The Bertz CT molecular complexity index is 291. The first-order chi connectivity index (χ1) is 6.06. The Kier molecular flexibility index (Phi) is 2.70. The lowest BCUT2D eigenvalue weighted by Crippen LogP contribution is -2.16. The SMILES string of the molecule is COC1=C([N+](=O)[O-])C(C)CC(C)=C1. The van der Waals surface area contributed by atoms with Crippen molar-refractivity contribution in [2.75, 3.05) is 7.11 Å². The Morgan fingerprint density at radius 1 is 1.69 bits per heavy atom. The van der Waals surface area contributed by atoms with Crippen molar-refractivity contribution in [3.63, 3.8) is 0 Å². The Balaban J connectivity index is 3.12. The lowest BCUT2D eigenvalue weighted by atomic mass is 9.93. The second-order valence-corrected chi connectivity index (χ2v) is 3.31. The topological polar surface area (TPSA) is 52.4 Å². The van der Waals surface area contributed by atoms with Crippen molar-refractivity contribution in [3.05, 3.63) is 33.2 Å². The molecule has 0 saturated carbocycles. The zero-order chi connectivity index (χ0) is 10.0. The van der Waals surface area contributed by atoms with Gasteiger partial charge in [0.1, 0.15) is 0 Å². The van der Waals surface area contributed by atoms with E-state index in [4.69, 9.17) is 4.74 Å². The van der Waals surface area contributed by atoms with Gasteiger partial charge in [0.25, 0.3) is 5.70 Å². The molecule has 1 aliphatic carbocycles. The van der Waals surface area contributed by atoms with E-state index >= 15 is 0 Å². The van der Waals surface area contributed by atoms with Gasteiger partial charge >= 0.3 is 0 Å². The smallest absolute Gasteiger partial charge is 0.290 e. The molecule has 0 aliphatic heterocycles. The van der Waals surface area contributed by atoms with Gasteiger partial charge in [-0.15, -0.1) is 0 Å². The van der Waals surface area contributed by atoms with Gasteiger partial charge in [0, 0.05) is 0 Å². The molecule has 1 atom stereocenters. The highest BCUT2D eigenvalue weighted by Crippen LogP contribution is 2.29. The number of nitro groups is 1. The quantitative estimate of drug-likeness (QED) is 0.486. The maximum absolute atomic E-state index is 10.7. The van der Waals surface area contributed by atoms with Gasteiger partial charge in [0.15, 0.2) is 5.76 Å². The van der Waals surface area contributed by atoms with Crippen LogP contribution in [0.5, 0.6) is 0 Å². The standard InChI is InChI=1S/C9H13NO3/c1-6-4-7(2)9(10(11)12)8(5-6)13-3/h5,7H,4H2,1-3H3. The lowest BCUT2D eigenvalue weighted by molar-refractivity contribution is -0.436. The molecule has 0 heterocycles. The van der Waals surface area contributed by atoms with E-state index in [0.29, 0.717) is 5.76 Å². The molecule has 72 valence electrons. The number of hydrogen-bond acceptors (Lipinski definition) is 3. The van der Waals surface area contributed by atoms with E-state index in [1.165, 1.54) is 7.11 Å². The first kappa shape index (κ1) is 9.77. The highest BCUT2D eigenvalue weighted by molar-refractivity contribution is 5.26. The van der Waals surface area contributed by atoms with E-state index < -0.39 is 0 Å². The molecule has 4 heteroatoms.